The normalized spacial score (nSPS) is 12.4. The van der Waals surface area contributed by atoms with Crippen LogP contribution in [0.15, 0.2) is 0 Å². The zero-order valence-electron chi connectivity index (χ0n) is 14.9. The third-order valence-corrected chi connectivity index (χ3v) is 3.52. The number of carbonyl (C=O) groups is 2. The average molecular weight is 300 g/mol. The summed E-state index contributed by atoms with van der Waals surface area (Å²) < 4.78 is 10.7. The zero-order valence-corrected chi connectivity index (χ0v) is 14.9. The number of carbonyl (C=O) groups excluding carboxylic acids is 2. The van der Waals surface area contributed by atoms with Gasteiger partial charge in [-0.3, -0.25) is 9.59 Å². The summed E-state index contributed by atoms with van der Waals surface area (Å²) in [5.41, 5.74) is -1.21. The van der Waals surface area contributed by atoms with Crippen LogP contribution in [0.2, 0.25) is 0 Å². The van der Waals surface area contributed by atoms with Crippen LogP contribution in [0.5, 0.6) is 0 Å². The maximum atomic E-state index is 12.6. The van der Waals surface area contributed by atoms with E-state index in [9.17, 15) is 9.59 Å². The van der Waals surface area contributed by atoms with Gasteiger partial charge in [0.15, 0.2) is 5.41 Å². The van der Waals surface area contributed by atoms with Crippen LogP contribution in [0.3, 0.4) is 0 Å². The lowest BCUT2D eigenvalue weighted by Crippen LogP contribution is -2.47. The molecule has 0 aliphatic rings. The summed E-state index contributed by atoms with van der Waals surface area (Å²) in [7, 11) is 0. The molecular formula is C17H32O4. The second kappa shape index (κ2) is 8.40. The molecule has 124 valence electrons. The van der Waals surface area contributed by atoms with Crippen molar-refractivity contribution in [2.75, 3.05) is 0 Å². The predicted octanol–water partition coefficient (Wildman–Crippen LogP) is 3.97. The van der Waals surface area contributed by atoms with Crippen molar-refractivity contribution in [1.29, 1.82) is 0 Å². The van der Waals surface area contributed by atoms with E-state index in [-0.39, 0.29) is 18.1 Å². The lowest BCUT2D eigenvalue weighted by molar-refractivity contribution is -0.182. The first kappa shape index (κ1) is 19.9. The molecule has 4 heteroatoms. The van der Waals surface area contributed by atoms with Crippen molar-refractivity contribution in [1.82, 2.24) is 0 Å². The first-order chi connectivity index (χ1) is 9.53. The summed E-state index contributed by atoms with van der Waals surface area (Å²) >= 11 is 0. The molecule has 0 saturated heterocycles. The number of esters is 2. The van der Waals surface area contributed by atoms with E-state index in [0.717, 1.165) is 6.42 Å². The van der Waals surface area contributed by atoms with Crippen LogP contribution in [-0.2, 0) is 19.1 Å². The molecule has 0 heterocycles. The molecule has 4 nitrogen and oxygen atoms in total. The second-order valence-corrected chi connectivity index (χ2v) is 6.97. The number of hydrogen-bond acceptors (Lipinski definition) is 4. The Hall–Kier alpha value is -1.06. The monoisotopic (exact) mass is 300 g/mol. The van der Waals surface area contributed by atoms with Gasteiger partial charge in [-0.2, -0.15) is 0 Å². The molecule has 21 heavy (non-hydrogen) atoms. The molecule has 0 bridgehead atoms. The SMILES string of the molecule is CC(C)CCC(C(=O)OC(C)C)(C(=O)OC(C)C)C(C)C. The molecule has 0 aromatic rings. The number of rotatable bonds is 8. The average Bonchev–Trinajstić information content (AvgIpc) is 2.26. The van der Waals surface area contributed by atoms with Crippen LogP contribution in [0.4, 0.5) is 0 Å². The van der Waals surface area contributed by atoms with Crippen molar-refractivity contribution in [3.63, 3.8) is 0 Å². The fourth-order valence-electron chi connectivity index (χ4n) is 2.20. The summed E-state index contributed by atoms with van der Waals surface area (Å²) in [5.74, 6) is -0.687. The summed E-state index contributed by atoms with van der Waals surface area (Å²) in [6, 6.07) is 0. The van der Waals surface area contributed by atoms with Crippen LogP contribution in [0, 0.1) is 17.3 Å². The molecular weight excluding hydrogens is 268 g/mol. The highest BCUT2D eigenvalue weighted by Crippen LogP contribution is 2.38. The largest absolute Gasteiger partial charge is 0.462 e. The molecule has 0 aliphatic heterocycles. The highest BCUT2D eigenvalue weighted by molar-refractivity contribution is 6.00. The van der Waals surface area contributed by atoms with E-state index in [0.29, 0.717) is 12.3 Å². The summed E-state index contributed by atoms with van der Waals surface area (Å²) in [6.45, 7) is 15.1. The quantitative estimate of drug-likeness (QED) is 0.503. The van der Waals surface area contributed by atoms with E-state index in [2.05, 4.69) is 13.8 Å². The molecule has 0 N–H and O–H groups in total. The predicted molar refractivity (Wildman–Crippen MR) is 83.8 cm³/mol. The van der Waals surface area contributed by atoms with E-state index in [1.807, 2.05) is 13.8 Å². The first-order valence-electron chi connectivity index (χ1n) is 7.96. The molecule has 0 rings (SSSR count). The second-order valence-electron chi connectivity index (χ2n) is 6.97. The Kier molecular flexibility index (Phi) is 7.98. The van der Waals surface area contributed by atoms with Crippen LogP contribution < -0.4 is 0 Å². The van der Waals surface area contributed by atoms with Crippen molar-refractivity contribution in [3.8, 4) is 0 Å². The minimum Gasteiger partial charge on any atom is -0.462 e. The lowest BCUT2D eigenvalue weighted by Gasteiger charge is -2.34. The van der Waals surface area contributed by atoms with Crippen molar-refractivity contribution >= 4 is 11.9 Å². The van der Waals surface area contributed by atoms with E-state index in [1.54, 1.807) is 27.7 Å². The van der Waals surface area contributed by atoms with E-state index in [4.69, 9.17) is 9.47 Å². The first-order valence-corrected chi connectivity index (χ1v) is 7.96. The van der Waals surface area contributed by atoms with Crippen molar-refractivity contribution in [2.24, 2.45) is 17.3 Å². The molecule has 0 fully saturated rings. The molecule has 0 aromatic heterocycles. The van der Waals surface area contributed by atoms with Gasteiger partial charge in [0.1, 0.15) is 0 Å². The van der Waals surface area contributed by atoms with Gasteiger partial charge >= 0.3 is 11.9 Å². The summed E-state index contributed by atoms with van der Waals surface area (Å²) in [4.78, 5) is 25.3. The third-order valence-electron chi connectivity index (χ3n) is 3.52. The van der Waals surface area contributed by atoms with Crippen LogP contribution in [-0.4, -0.2) is 24.1 Å². The van der Waals surface area contributed by atoms with Crippen molar-refractivity contribution < 1.29 is 19.1 Å². The fourth-order valence-corrected chi connectivity index (χ4v) is 2.20. The highest BCUT2D eigenvalue weighted by Gasteiger charge is 2.51. The third kappa shape index (κ3) is 5.68. The minimum absolute atomic E-state index is 0.172. The Morgan fingerprint density at radius 1 is 0.810 bits per heavy atom. The molecule has 0 aliphatic carbocycles. The van der Waals surface area contributed by atoms with Gasteiger partial charge in [0.25, 0.3) is 0 Å². The molecule has 0 atom stereocenters. The lowest BCUT2D eigenvalue weighted by atomic mass is 9.72. The Morgan fingerprint density at radius 3 is 1.43 bits per heavy atom. The Balaban J connectivity index is 5.52. The molecule has 0 saturated carbocycles. The van der Waals surface area contributed by atoms with Gasteiger partial charge in [0.05, 0.1) is 12.2 Å². The fraction of sp³-hybridized carbons (Fsp3) is 0.882. The molecule has 0 aromatic carbocycles. The van der Waals surface area contributed by atoms with Gasteiger partial charge in [-0.25, -0.2) is 0 Å². The van der Waals surface area contributed by atoms with Gasteiger partial charge < -0.3 is 9.47 Å². The Labute approximate surface area is 129 Å². The van der Waals surface area contributed by atoms with Crippen LogP contribution in [0.1, 0.15) is 68.2 Å². The van der Waals surface area contributed by atoms with E-state index < -0.39 is 17.4 Å². The van der Waals surface area contributed by atoms with Gasteiger partial charge in [-0.1, -0.05) is 27.7 Å². The molecule has 0 spiro atoms. The Bertz CT molecular complexity index is 321. The van der Waals surface area contributed by atoms with E-state index >= 15 is 0 Å². The van der Waals surface area contributed by atoms with Crippen molar-refractivity contribution in [2.45, 2.75) is 80.4 Å². The van der Waals surface area contributed by atoms with E-state index in [1.165, 1.54) is 0 Å². The molecule has 0 unspecified atom stereocenters. The topological polar surface area (TPSA) is 52.6 Å². The summed E-state index contributed by atoms with van der Waals surface area (Å²) in [6.07, 6.45) is 0.737. The summed E-state index contributed by atoms with van der Waals surface area (Å²) in [5, 5.41) is 0. The van der Waals surface area contributed by atoms with Gasteiger partial charge in [0, 0.05) is 0 Å². The van der Waals surface area contributed by atoms with Gasteiger partial charge in [0.2, 0.25) is 0 Å². The highest BCUT2D eigenvalue weighted by atomic mass is 16.6. The smallest absolute Gasteiger partial charge is 0.324 e. The van der Waals surface area contributed by atoms with Crippen molar-refractivity contribution in [3.05, 3.63) is 0 Å². The number of ether oxygens (including phenoxy) is 2. The standard InChI is InChI=1S/C17H32O4/c1-11(2)9-10-17(12(3)4,15(18)20-13(5)6)16(19)21-14(7)8/h11-14H,9-10H2,1-8H3. The van der Waals surface area contributed by atoms with Crippen LogP contribution >= 0.6 is 0 Å². The minimum atomic E-state index is -1.21. The maximum absolute atomic E-state index is 12.6. The number of hydrogen-bond donors (Lipinski definition) is 0. The zero-order chi connectivity index (χ0) is 16.8. The van der Waals surface area contributed by atoms with Crippen LogP contribution in [0.25, 0.3) is 0 Å². The maximum Gasteiger partial charge on any atom is 0.324 e. The van der Waals surface area contributed by atoms with Gasteiger partial charge in [-0.05, 0) is 52.4 Å². The molecule has 0 amide bonds. The molecule has 0 radical (unpaired) electrons. The van der Waals surface area contributed by atoms with Gasteiger partial charge in [-0.15, -0.1) is 0 Å². The Morgan fingerprint density at radius 2 is 1.19 bits per heavy atom.